The van der Waals surface area contributed by atoms with Gasteiger partial charge in [0.15, 0.2) is 5.65 Å². The number of hydrogen-bond donors (Lipinski definition) is 2. The van der Waals surface area contributed by atoms with Gasteiger partial charge in [0.2, 0.25) is 11.1 Å². The van der Waals surface area contributed by atoms with E-state index in [-0.39, 0.29) is 11.7 Å². The number of carbonyl (C=O) groups is 1. The molecule has 0 spiro atoms. The third kappa shape index (κ3) is 3.57. The molecule has 6 nitrogen and oxygen atoms in total. The van der Waals surface area contributed by atoms with Crippen LogP contribution in [0.5, 0.6) is 0 Å². The molecule has 2 N–H and O–H groups in total. The number of fused-ring (bicyclic) bond motifs is 3. The van der Waals surface area contributed by atoms with E-state index in [0.29, 0.717) is 10.8 Å². The fraction of sp³-hybridized carbons (Fsp3) is 0.238. The summed E-state index contributed by atoms with van der Waals surface area (Å²) in [7, 11) is 0. The molecule has 0 aliphatic heterocycles. The van der Waals surface area contributed by atoms with Crippen molar-refractivity contribution in [2.75, 3.05) is 11.1 Å². The molecule has 0 aliphatic rings. The molecule has 0 aliphatic carbocycles. The monoisotopic (exact) mass is 391 g/mol. The van der Waals surface area contributed by atoms with Crippen molar-refractivity contribution in [2.24, 2.45) is 0 Å². The molecule has 2 heterocycles. The number of anilines is 1. The van der Waals surface area contributed by atoms with Crippen LogP contribution >= 0.6 is 11.8 Å². The standard InChI is InChI=1S/C21H21N5OS/c1-11-5-6-13(3)16(9-11)22-17(27)10-28-21-24-20-19(25-26-21)15-8-12(2)7-14(4)18(15)23-20/h5-9H,10H2,1-4H3,(H,22,27)(H,23,24,26). The zero-order chi connectivity index (χ0) is 19.8. The zero-order valence-corrected chi connectivity index (χ0v) is 17.1. The van der Waals surface area contributed by atoms with Crippen LogP contribution in [0.2, 0.25) is 0 Å². The first kappa shape index (κ1) is 18.4. The first-order valence-corrected chi connectivity index (χ1v) is 10.0. The van der Waals surface area contributed by atoms with Crippen molar-refractivity contribution in [1.82, 2.24) is 20.2 Å². The van der Waals surface area contributed by atoms with E-state index in [2.05, 4.69) is 51.5 Å². The summed E-state index contributed by atoms with van der Waals surface area (Å²) >= 11 is 1.27. The Morgan fingerprint density at radius 1 is 1.04 bits per heavy atom. The van der Waals surface area contributed by atoms with Crippen molar-refractivity contribution >= 4 is 45.4 Å². The average molecular weight is 392 g/mol. The molecule has 4 aromatic rings. The number of aromatic amines is 1. The van der Waals surface area contributed by atoms with Gasteiger partial charge in [-0.15, -0.1) is 10.2 Å². The lowest BCUT2D eigenvalue weighted by Crippen LogP contribution is -2.15. The number of nitrogens with one attached hydrogen (secondary N) is 2. The molecular formula is C21H21N5OS. The van der Waals surface area contributed by atoms with Crippen LogP contribution < -0.4 is 5.32 Å². The number of benzene rings is 2. The second-order valence-electron chi connectivity index (χ2n) is 7.08. The number of aryl methyl sites for hydroxylation is 4. The Kier molecular flexibility index (Phi) is 4.77. The van der Waals surface area contributed by atoms with Gasteiger partial charge in [0.25, 0.3) is 0 Å². The maximum Gasteiger partial charge on any atom is 0.234 e. The molecule has 0 bridgehead atoms. The molecule has 0 radical (unpaired) electrons. The van der Waals surface area contributed by atoms with Crippen molar-refractivity contribution in [3.05, 3.63) is 52.6 Å². The van der Waals surface area contributed by atoms with E-state index in [0.717, 1.165) is 38.8 Å². The molecule has 28 heavy (non-hydrogen) atoms. The fourth-order valence-electron chi connectivity index (χ4n) is 3.27. The molecule has 0 saturated carbocycles. The lowest BCUT2D eigenvalue weighted by Gasteiger charge is -2.08. The number of amides is 1. The highest BCUT2D eigenvalue weighted by Crippen LogP contribution is 2.27. The topological polar surface area (TPSA) is 83.6 Å². The largest absolute Gasteiger partial charge is 0.337 e. The first-order valence-electron chi connectivity index (χ1n) is 9.04. The van der Waals surface area contributed by atoms with Crippen molar-refractivity contribution in [3.8, 4) is 0 Å². The lowest BCUT2D eigenvalue weighted by atomic mass is 10.1. The second kappa shape index (κ2) is 7.24. The van der Waals surface area contributed by atoms with Crippen molar-refractivity contribution < 1.29 is 4.79 Å². The van der Waals surface area contributed by atoms with Crippen LogP contribution in [-0.2, 0) is 4.79 Å². The third-order valence-corrected chi connectivity index (χ3v) is 5.48. The van der Waals surface area contributed by atoms with Gasteiger partial charge in [0, 0.05) is 11.1 Å². The van der Waals surface area contributed by atoms with Crippen LogP contribution in [0.3, 0.4) is 0 Å². The van der Waals surface area contributed by atoms with E-state index in [1.165, 1.54) is 17.3 Å². The van der Waals surface area contributed by atoms with Crippen LogP contribution in [0.15, 0.2) is 35.5 Å². The molecule has 2 aromatic carbocycles. The van der Waals surface area contributed by atoms with Gasteiger partial charge in [0.05, 0.1) is 11.3 Å². The molecule has 0 saturated heterocycles. The van der Waals surface area contributed by atoms with E-state index < -0.39 is 0 Å². The first-order chi connectivity index (χ1) is 13.4. The summed E-state index contributed by atoms with van der Waals surface area (Å²) in [5.74, 6) is 0.129. The number of carbonyl (C=O) groups excluding carboxylic acids is 1. The fourth-order valence-corrected chi connectivity index (χ4v) is 3.85. The smallest absolute Gasteiger partial charge is 0.234 e. The van der Waals surface area contributed by atoms with E-state index in [1.807, 2.05) is 32.0 Å². The van der Waals surface area contributed by atoms with Crippen LogP contribution in [0, 0.1) is 27.7 Å². The van der Waals surface area contributed by atoms with E-state index in [4.69, 9.17) is 0 Å². The van der Waals surface area contributed by atoms with Crippen molar-refractivity contribution in [1.29, 1.82) is 0 Å². The predicted octanol–water partition coefficient (Wildman–Crippen LogP) is 4.47. The number of H-pyrrole nitrogens is 1. The molecule has 0 fully saturated rings. The van der Waals surface area contributed by atoms with Crippen molar-refractivity contribution in [3.63, 3.8) is 0 Å². The number of nitrogens with zero attached hydrogens (tertiary/aromatic N) is 3. The molecule has 7 heteroatoms. The van der Waals surface area contributed by atoms with Crippen molar-refractivity contribution in [2.45, 2.75) is 32.9 Å². The van der Waals surface area contributed by atoms with E-state index in [1.54, 1.807) is 0 Å². The summed E-state index contributed by atoms with van der Waals surface area (Å²) in [5.41, 5.74) is 7.77. The van der Waals surface area contributed by atoms with E-state index in [9.17, 15) is 4.79 Å². The highest BCUT2D eigenvalue weighted by Gasteiger charge is 2.13. The average Bonchev–Trinajstić information content (AvgIpc) is 3.01. The van der Waals surface area contributed by atoms with Gasteiger partial charge in [-0.1, -0.05) is 35.5 Å². The SMILES string of the molecule is Cc1ccc(C)c(NC(=O)CSc2nnc3c(n2)[nH]c2c(C)cc(C)cc23)c1. The minimum absolute atomic E-state index is 0.0921. The Bertz CT molecular complexity index is 1210. The molecule has 1 amide bonds. The lowest BCUT2D eigenvalue weighted by molar-refractivity contribution is -0.113. The minimum Gasteiger partial charge on any atom is -0.337 e. The molecular weight excluding hydrogens is 370 g/mol. The predicted molar refractivity (Wildman–Crippen MR) is 114 cm³/mol. The number of rotatable bonds is 4. The Labute approximate surface area is 167 Å². The summed E-state index contributed by atoms with van der Waals surface area (Å²) in [6, 6.07) is 10.2. The van der Waals surface area contributed by atoms with Crippen LogP contribution in [0.4, 0.5) is 5.69 Å². The van der Waals surface area contributed by atoms with Crippen LogP contribution in [0.25, 0.3) is 22.1 Å². The summed E-state index contributed by atoms with van der Waals surface area (Å²) in [5, 5.41) is 13.0. The normalized spacial score (nSPS) is 11.3. The Hall–Kier alpha value is -2.93. The third-order valence-electron chi connectivity index (χ3n) is 4.65. The highest BCUT2D eigenvalue weighted by molar-refractivity contribution is 7.99. The van der Waals surface area contributed by atoms with Gasteiger partial charge in [-0.3, -0.25) is 4.79 Å². The highest BCUT2D eigenvalue weighted by atomic mass is 32.2. The molecule has 0 unspecified atom stereocenters. The summed E-state index contributed by atoms with van der Waals surface area (Å²) in [6.07, 6.45) is 0. The Morgan fingerprint density at radius 2 is 1.86 bits per heavy atom. The summed E-state index contributed by atoms with van der Waals surface area (Å²) in [6.45, 7) is 8.10. The molecule has 4 rings (SSSR count). The number of aromatic nitrogens is 4. The quantitative estimate of drug-likeness (QED) is 0.502. The van der Waals surface area contributed by atoms with Gasteiger partial charge in [-0.05, 0) is 56.5 Å². The summed E-state index contributed by atoms with van der Waals surface area (Å²) < 4.78 is 0. The molecule has 142 valence electrons. The maximum atomic E-state index is 12.3. The van der Waals surface area contributed by atoms with Gasteiger partial charge in [-0.2, -0.15) is 0 Å². The minimum atomic E-state index is -0.0921. The van der Waals surface area contributed by atoms with Gasteiger partial charge >= 0.3 is 0 Å². The second-order valence-corrected chi connectivity index (χ2v) is 8.02. The van der Waals surface area contributed by atoms with Crippen LogP contribution in [-0.4, -0.2) is 31.8 Å². The zero-order valence-electron chi connectivity index (χ0n) is 16.3. The van der Waals surface area contributed by atoms with Gasteiger partial charge in [-0.25, -0.2) is 4.98 Å². The maximum absolute atomic E-state index is 12.3. The van der Waals surface area contributed by atoms with E-state index >= 15 is 0 Å². The number of hydrogen-bond acceptors (Lipinski definition) is 5. The Morgan fingerprint density at radius 3 is 2.68 bits per heavy atom. The van der Waals surface area contributed by atoms with Gasteiger partial charge < -0.3 is 10.3 Å². The molecule has 2 aromatic heterocycles. The van der Waals surface area contributed by atoms with Gasteiger partial charge in [0.1, 0.15) is 5.52 Å². The van der Waals surface area contributed by atoms with Crippen LogP contribution in [0.1, 0.15) is 22.3 Å². The molecule has 0 atom stereocenters. The number of thioether (sulfide) groups is 1. The summed E-state index contributed by atoms with van der Waals surface area (Å²) in [4.78, 5) is 20.2. The Balaban J connectivity index is 1.52.